The average molecular weight is 229 g/mol. The second-order valence-corrected chi connectivity index (χ2v) is 4.13. The van der Waals surface area contributed by atoms with Gasteiger partial charge in [-0.3, -0.25) is 4.79 Å². The number of benzene rings is 1. The molecule has 0 unspecified atom stereocenters. The molecule has 1 N–H and O–H groups in total. The first-order valence-electron chi connectivity index (χ1n) is 5.61. The van der Waals surface area contributed by atoms with Crippen LogP contribution < -0.4 is 10.2 Å². The zero-order valence-electron chi connectivity index (χ0n) is 9.94. The van der Waals surface area contributed by atoms with Crippen LogP contribution in [0.1, 0.15) is 13.8 Å². The molecule has 0 saturated carbocycles. The van der Waals surface area contributed by atoms with Crippen LogP contribution in [0, 0.1) is 0 Å². The number of hydrogen-bond acceptors (Lipinski definition) is 2. The molecule has 2 rings (SSSR count). The van der Waals surface area contributed by atoms with Crippen LogP contribution in [-0.4, -0.2) is 11.1 Å². The molecular formula is C14H15NO2. The highest BCUT2D eigenvalue weighted by molar-refractivity contribution is 5.59. The van der Waals surface area contributed by atoms with E-state index >= 15 is 0 Å². The minimum absolute atomic E-state index is 0.00116. The fourth-order valence-electron chi connectivity index (χ4n) is 1.60. The molecule has 0 saturated heterocycles. The van der Waals surface area contributed by atoms with Gasteiger partial charge in [0.2, 0.25) is 0 Å². The lowest BCUT2D eigenvalue weighted by atomic mass is 10.1. The van der Waals surface area contributed by atoms with Gasteiger partial charge in [-0.1, -0.05) is 0 Å². The van der Waals surface area contributed by atoms with Gasteiger partial charge in [0.15, 0.2) is 5.43 Å². The third-order valence-corrected chi connectivity index (χ3v) is 2.31. The van der Waals surface area contributed by atoms with Crippen molar-refractivity contribution < 1.29 is 4.74 Å². The summed E-state index contributed by atoms with van der Waals surface area (Å²) in [7, 11) is 0. The standard InChI is InChI=1S/C14H15NO2/c1-10(2)17-13-5-3-11(4-6-13)14-9-12(16)7-8-15-14/h3-10H,1-2H3,(H,15,16). The molecule has 17 heavy (non-hydrogen) atoms. The smallest absolute Gasteiger partial charge is 0.182 e. The summed E-state index contributed by atoms with van der Waals surface area (Å²) in [5.74, 6) is 0.835. The highest BCUT2D eigenvalue weighted by Crippen LogP contribution is 2.20. The number of H-pyrrole nitrogens is 1. The molecule has 0 aliphatic rings. The summed E-state index contributed by atoms with van der Waals surface area (Å²) in [6.45, 7) is 3.98. The van der Waals surface area contributed by atoms with Crippen molar-refractivity contribution in [3.63, 3.8) is 0 Å². The van der Waals surface area contributed by atoms with Crippen molar-refractivity contribution in [2.75, 3.05) is 0 Å². The largest absolute Gasteiger partial charge is 0.491 e. The minimum Gasteiger partial charge on any atom is -0.491 e. The Hall–Kier alpha value is -2.03. The molecule has 0 aliphatic carbocycles. The molecule has 1 heterocycles. The van der Waals surface area contributed by atoms with E-state index in [9.17, 15) is 4.79 Å². The van der Waals surface area contributed by atoms with Gasteiger partial charge in [-0.25, -0.2) is 0 Å². The van der Waals surface area contributed by atoms with Gasteiger partial charge in [-0.05, 0) is 43.7 Å². The predicted molar refractivity (Wildman–Crippen MR) is 68.3 cm³/mol. The van der Waals surface area contributed by atoms with Crippen LogP contribution in [0.3, 0.4) is 0 Å². The van der Waals surface area contributed by atoms with Crippen LogP contribution in [0.15, 0.2) is 47.4 Å². The lowest BCUT2D eigenvalue weighted by molar-refractivity contribution is 0.242. The van der Waals surface area contributed by atoms with E-state index in [-0.39, 0.29) is 11.5 Å². The zero-order valence-corrected chi connectivity index (χ0v) is 9.94. The number of hydrogen-bond donors (Lipinski definition) is 1. The Balaban J connectivity index is 2.26. The third-order valence-electron chi connectivity index (χ3n) is 2.31. The second kappa shape index (κ2) is 4.87. The maximum atomic E-state index is 11.2. The van der Waals surface area contributed by atoms with Gasteiger partial charge in [0.05, 0.1) is 6.10 Å². The van der Waals surface area contributed by atoms with Gasteiger partial charge in [0, 0.05) is 24.0 Å². The van der Waals surface area contributed by atoms with E-state index in [2.05, 4.69) is 4.98 Å². The molecule has 0 radical (unpaired) electrons. The average Bonchev–Trinajstić information content (AvgIpc) is 2.29. The van der Waals surface area contributed by atoms with E-state index in [4.69, 9.17) is 4.74 Å². The Morgan fingerprint density at radius 3 is 2.41 bits per heavy atom. The lowest BCUT2D eigenvalue weighted by Gasteiger charge is -2.10. The number of aromatic nitrogens is 1. The van der Waals surface area contributed by atoms with Gasteiger partial charge in [-0.2, -0.15) is 0 Å². The minimum atomic E-state index is 0.00116. The first kappa shape index (κ1) is 11.5. The monoisotopic (exact) mass is 229 g/mol. The van der Waals surface area contributed by atoms with Crippen LogP contribution in [-0.2, 0) is 0 Å². The maximum absolute atomic E-state index is 11.2. The van der Waals surface area contributed by atoms with Crippen molar-refractivity contribution in [2.24, 2.45) is 0 Å². The Kier molecular flexibility index (Phi) is 3.28. The lowest BCUT2D eigenvalue weighted by Crippen LogP contribution is -2.05. The molecule has 88 valence electrons. The normalized spacial score (nSPS) is 10.5. The molecule has 0 atom stereocenters. The van der Waals surface area contributed by atoms with E-state index in [0.717, 1.165) is 17.0 Å². The summed E-state index contributed by atoms with van der Waals surface area (Å²) in [5.41, 5.74) is 1.79. The van der Waals surface area contributed by atoms with Crippen LogP contribution in [0.2, 0.25) is 0 Å². The van der Waals surface area contributed by atoms with E-state index < -0.39 is 0 Å². The zero-order chi connectivity index (χ0) is 12.3. The molecular weight excluding hydrogens is 214 g/mol. The summed E-state index contributed by atoms with van der Waals surface area (Å²) in [5, 5.41) is 0. The van der Waals surface area contributed by atoms with Gasteiger partial charge < -0.3 is 9.72 Å². The maximum Gasteiger partial charge on any atom is 0.182 e. The summed E-state index contributed by atoms with van der Waals surface area (Å²) in [6, 6.07) is 10.8. The Bertz CT molecular complexity index is 541. The second-order valence-electron chi connectivity index (χ2n) is 4.13. The molecule has 2 aromatic rings. The number of nitrogens with one attached hydrogen (secondary N) is 1. The number of aromatic amines is 1. The molecule has 0 fully saturated rings. The molecule has 0 spiro atoms. The highest BCUT2D eigenvalue weighted by atomic mass is 16.5. The quantitative estimate of drug-likeness (QED) is 0.879. The third kappa shape index (κ3) is 2.97. The van der Waals surface area contributed by atoms with Crippen molar-refractivity contribution >= 4 is 0 Å². The fraction of sp³-hybridized carbons (Fsp3) is 0.214. The Labute approximate surface area is 100 Å². The first-order valence-corrected chi connectivity index (χ1v) is 5.61. The molecule has 0 bridgehead atoms. The van der Waals surface area contributed by atoms with Crippen molar-refractivity contribution in [1.82, 2.24) is 4.98 Å². The summed E-state index contributed by atoms with van der Waals surface area (Å²) in [4.78, 5) is 14.3. The van der Waals surface area contributed by atoms with Crippen LogP contribution in [0.4, 0.5) is 0 Å². The van der Waals surface area contributed by atoms with Crippen molar-refractivity contribution in [2.45, 2.75) is 20.0 Å². The molecule has 1 aromatic carbocycles. The number of rotatable bonds is 3. The molecule has 0 aliphatic heterocycles. The van der Waals surface area contributed by atoms with Gasteiger partial charge in [-0.15, -0.1) is 0 Å². The Morgan fingerprint density at radius 2 is 1.82 bits per heavy atom. The summed E-state index contributed by atoms with van der Waals surface area (Å²) in [6.07, 6.45) is 1.81. The van der Waals surface area contributed by atoms with Crippen LogP contribution in [0.5, 0.6) is 5.75 Å². The summed E-state index contributed by atoms with van der Waals surface area (Å²) < 4.78 is 5.56. The van der Waals surface area contributed by atoms with Gasteiger partial charge in [0.1, 0.15) is 5.75 Å². The van der Waals surface area contributed by atoms with Crippen molar-refractivity contribution in [1.29, 1.82) is 0 Å². The SMILES string of the molecule is CC(C)Oc1ccc(-c2cc(=O)cc[nH]2)cc1. The molecule has 3 heteroatoms. The summed E-state index contributed by atoms with van der Waals surface area (Å²) >= 11 is 0. The first-order chi connectivity index (χ1) is 8.15. The van der Waals surface area contributed by atoms with Gasteiger partial charge >= 0.3 is 0 Å². The fourth-order valence-corrected chi connectivity index (χ4v) is 1.60. The van der Waals surface area contributed by atoms with Crippen molar-refractivity contribution in [3.05, 3.63) is 52.8 Å². The van der Waals surface area contributed by atoms with E-state index in [0.29, 0.717) is 0 Å². The molecule has 0 amide bonds. The van der Waals surface area contributed by atoms with E-state index in [1.807, 2.05) is 38.1 Å². The topological polar surface area (TPSA) is 42.1 Å². The predicted octanol–water partition coefficient (Wildman–Crippen LogP) is 2.83. The van der Waals surface area contributed by atoms with Crippen LogP contribution >= 0.6 is 0 Å². The van der Waals surface area contributed by atoms with E-state index in [1.165, 1.54) is 6.07 Å². The van der Waals surface area contributed by atoms with Gasteiger partial charge in [0.25, 0.3) is 0 Å². The molecule has 1 aromatic heterocycles. The molecule has 3 nitrogen and oxygen atoms in total. The Morgan fingerprint density at radius 1 is 1.12 bits per heavy atom. The highest BCUT2D eigenvalue weighted by Gasteiger charge is 2.00. The van der Waals surface area contributed by atoms with Crippen LogP contribution in [0.25, 0.3) is 11.3 Å². The van der Waals surface area contributed by atoms with Crippen molar-refractivity contribution in [3.8, 4) is 17.0 Å². The number of pyridine rings is 1. The number of ether oxygens (including phenoxy) is 1. The van der Waals surface area contributed by atoms with E-state index in [1.54, 1.807) is 12.3 Å².